The Morgan fingerprint density at radius 1 is 1.21 bits per heavy atom. The van der Waals surface area contributed by atoms with Gasteiger partial charge in [-0.05, 0) is 30.3 Å². The fourth-order valence-electron chi connectivity index (χ4n) is 2.18. The van der Waals surface area contributed by atoms with E-state index < -0.39 is 0 Å². The number of hydrogen-bond acceptors (Lipinski definition) is 2. The minimum Gasteiger partial charge on any atom is -0.282 e. The predicted octanol–water partition coefficient (Wildman–Crippen LogP) is 3.91. The van der Waals surface area contributed by atoms with Gasteiger partial charge in [0.1, 0.15) is 0 Å². The summed E-state index contributed by atoms with van der Waals surface area (Å²) in [4.78, 5) is 8.69. The summed E-state index contributed by atoms with van der Waals surface area (Å²) < 4.78 is 3.14. The molecule has 0 atom stereocenters. The fourth-order valence-corrected chi connectivity index (χ4v) is 2.56. The zero-order valence-corrected chi connectivity index (χ0v) is 11.8. The van der Waals surface area contributed by atoms with Crippen LogP contribution in [0, 0.1) is 0 Å². The average molecular weight is 314 g/mol. The Morgan fingerprint density at radius 3 is 2.74 bits per heavy atom. The first-order valence-corrected chi connectivity index (χ1v) is 6.77. The molecule has 0 saturated carbocycles. The number of rotatable bonds is 3. The van der Waals surface area contributed by atoms with Crippen molar-refractivity contribution in [2.75, 3.05) is 0 Å². The molecule has 0 spiro atoms. The van der Waals surface area contributed by atoms with Gasteiger partial charge in [-0.2, -0.15) is 0 Å². The van der Waals surface area contributed by atoms with Crippen LogP contribution < -0.4 is 0 Å². The normalized spacial score (nSPS) is 10.8. The second-order valence-electron chi connectivity index (χ2n) is 4.22. The third kappa shape index (κ3) is 2.19. The van der Waals surface area contributed by atoms with Crippen molar-refractivity contribution in [3.8, 4) is 5.95 Å². The van der Waals surface area contributed by atoms with E-state index in [2.05, 4.69) is 55.2 Å². The number of allylic oxidation sites excluding steroid dienone is 1. The Hall–Kier alpha value is -1.94. The first-order chi connectivity index (χ1) is 9.29. The molecule has 0 unspecified atom stereocenters. The maximum atomic E-state index is 4.34. The van der Waals surface area contributed by atoms with Crippen molar-refractivity contribution in [2.45, 2.75) is 6.42 Å². The molecule has 2 heterocycles. The molecule has 3 rings (SSSR count). The highest BCUT2D eigenvalue weighted by Crippen LogP contribution is 2.26. The third-order valence-corrected chi connectivity index (χ3v) is 3.44. The lowest BCUT2D eigenvalue weighted by Crippen LogP contribution is -2.03. The molecule has 3 nitrogen and oxygen atoms in total. The van der Waals surface area contributed by atoms with Crippen LogP contribution in [0.3, 0.4) is 0 Å². The molecule has 19 heavy (non-hydrogen) atoms. The van der Waals surface area contributed by atoms with Gasteiger partial charge in [0.2, 0.25) is 5.95 Å². The van der Waals surface area contributed by atoms with Gasteiger partial charge in [0.25, 0.3) is 0 Å². The Bertz CT molecular complexity index is 732. The molecule has 0 fully saturated rings. The van der Waals surface area contributed by atoms with Gasteiger partial charge in [0, 0.05) is 34.4 Å². The molecule has 0 aliphatic carbocycles. The van der Waals surface area contributed by atoms with Crippen molar-refractivity contribution < 1.29 is 0 Å². The molecule has 0 saturated heterocycles. The molecular weight excluding hydrogens is 302 g/mol. The van der Waals surface area contributed by atoms with Crippen molar-refractivity contribution >= 4 is 26.8 Å². The van der Waals surface area contributed by atoms with Crippen LogP contribution in [0.1, 0.15) is 5.69 Å². The number of fused-ring (bicyclic) bond motifs is 1. The van der Waals surface area contributed by atoms with Gasteiger partial charge < -0.3 is 0 Å². The lowest BCUT2D eigenvalue weighted by atomic mass is 10.2. The zero-order valence-electron chi connectivity index (χ0n) is 10.3. The molecule has 4 heteroatoms. The van der Waals surface area contributed by atoms with Gasteiger partial charge in [-0.15, -0.1) is 6.58 Å². The Labute approximate surface area is 119 Å². The standard InChI is InChI=1S/C15H12BrN3/c1-2-4-13-10-11-9-12(16)5-6-14(11)19(13)15-17-7-3-8-18-15/h2-3,5-10H,1,4H2. The highest BCUT2D eigenvalue weighted by atomic mass is 79.9. The van der Waals surface area contributed by atoms with Crippen molar-refractivity contribution in [3.05, 3.63) is 65.5 Å². The Morgan fingerprint density at radius 2 is 2.00 bits per heavy atom. The Kier molecular flexibility index (Phi) is 3.17. The molecule has 0 amide bonds. The number of nitrogens with zero attached hydrogens (tertiary/aromatic N) is 3. The summed E-state index contributed by atoms with van der Waals surface area (Å²) in [5.41, 5.74) is 2.24. The molecule has 2 aromatic heterocycles. The number of halogens is 1. The molecule has 3 aromatic rings. The van der Waals surface area contributed by atoms with Gasteiger partial charge in [0.15, 0.2) is 0 Å². The van der Waals surface area contributed by atoms with E-state index >= 15 is 0 Å². The number of aromatic nitrogens is 3. The smallest absolute Gasteiger partial charge is 0.234 e. The van der Waals surface area contributed by atoms with Crippen molar-refractivity contribution in [1.29, 1.82) is 0 Å². The molecule has 1 aromatic carbocycles. The van der Waals surface area contributed by atoms with Gasteiger partial charge in [-0.25, -0.2) is 9.97 Å². The van der Waals surface area contributed by atoms with Crippen molar-refractivity contribution in [3.63, 3.8) is 0 Å². The fraction of sp³-hybridized carbons (Fsp3) is 0.0667. The average Bonchev–Trinajstić information content (AvgIpc) is 2.77. The van der Waals surface area contributed by atoms with Crippen molar-refractivity contribution in [2.24, 2.45) is 0 Å². The maximum absolute atomic E-state index is 4.34. The van der Waals surface area contributed by atoms with Crippen LogP contribution in [0.25, 0.3) is 16.9 Å². The van der Waals surface area contributed by atoms with Crippen LogP contribution in [0.15, 0.2) is 59.9 Å². The first kappa shape index (κ1) is 12.1. The van der Waals surface area contributed by atoms with Crippen LogP contribution in [0.2, 0.25) is 0 Å². The van der Waals surface area contributed by atoms with Crippen LogP contribution >= 0.6 is 15.9 Å². The van der Waals surface area contributed by atoms with E-state index in [0.29, 0.717) is 5.95 Å². The summed E-state index contributed by atoms with van der Waals surface area (Å²) >= 11 is 3.50. The second kappa shape index (κ2) is 4.97. The molecule has 0 bridgehead atoms. The molecular formula is C15H12BrN3. The largest absolute Gasteiger partial charge is 0.282 e. The molecule has 0 N–H and O–H groups in total. The van der Waals surface area contributed by atoms with Crippen LogP contribution in [0.5, 0.6) is 0 Å². The third-order valence-electron chi connectivity index (χ3n) is 2.95. The molecule has 0 aliphatic rings. The van der Waals surface area contributed by atoms with Crippen LogP contribution in [0.4, 0.5) is 0 Å². The van der Waals surface area contributed by atoms with Crippen LogP contribution in [-0.4, -0.2) is 14.5 Å². The quantitative estimate of drug-likeness (QED) is 0.686. The molecule has 0 aliphatic heterocycles. The number of hydrogen-bond donors (Lipinski definition) is 0. The van der Waals surface area contributed by atoms with E-state index in [1.807, 2.05) is 18.2 Å². The van der Waals surface area contributed by atoms with E-state index in [4.69, 9.17) is 0 Å². The summed E-state index contributed by atoms with van der Waals surface area (Å²) in [5, 5.41) is 1.17. The summed E-state index contributed by atoms with van der Waals surface area (Å²) in [6.45, 7) is 3.82. The summed E-state index contributed by atoms with van der Waals surface area (Å²) in [6, 6.07) is 10.2. The summed E-state index contributed by atoms with van der Waals surface area (Å²) in [5.74, 6) is 0.691. The van der Waals surface area contributed by atoms with E-state index in [-0.39, 0.29) is 0 Å². The van der Waals surface area contributed by atoms with E-state index in [0.717, 1.165) is 22.1 Å². The molecule has 0 radical (unpaired) electrons. The SMILES string of the molecule is C=CCc1cc2cc(Br)ccc2n1-c1ncccn1. The predicted molar refractivity (Wildman–Crippen MR) is 80.5 cm³/mol. The van der Waals surface area contributed by atoms with Gasteiger partial charge in [-0.1, -0.05) is 22.0 Å². The van der Waals surface area contributed by atoms with E-state index in [1.54, 1.807) is 12.4 Å². The van der Waals surface area contributed by atoms with Gasteiger partial charge in [-0.3, -0.25) is 4.57 Å². The zero-order chi connectivity index (χ0) is 13.2. The Balaban J connectivity index is 2.31. The van der Waals surface area contributed by atoms with E-state index in [9.17, 15) is 0 Å². The van der Waals surface area contributed by atoms with Crippen LogP contribution in [-0.2, 0) is 6.42 Å². The van der Waals surface area contributed by atoms with Crippen molar-refractivity contribution in [1.82, 2.24) is 14.5 Å². The van der Waals surface area contributed by atoms with Gasteiger partial charge in [0.05, 0.1) is 5.52 Å². The minimum atomic E-state index is 0.691. The minimum absolute atomic E-state index is 0.691. The first-order valence-electron chi connectivity index (χ1n) is 5.98. The lowest BCUT2D eigenvalue weighted by Gasteiger charge is -2.07. The highest BCUT2D eigenvalue weighted by Gasteiger charge is 2.11. The second-order valence-corrected chi connectivity index (χ2v) is 5.13. The maximum Gasteiger partial charge on any atom is 0.234 e. The summed E-state index contributed by atoms with van der Waals surface area (Å²) in [7, 11) is 0. The highest BCUT2D eigenvalue weighted by molar-refractivity contribution is 9.10. The lowest BCUT2D eigenvalue weighted by molar-refractivity contribution is 0.907. The topological polar surface area (TPSA) is 30.7 Å². The number of benzene rings is 1. The van der Waals surface area contributed by atoms with Gasteiger partial charge >= 0.3 is 0 Å². The van der Waals surface area contributed by atoms with E-state index in [1.165, 1.54) is 5.39 Å². The molecule has 94 valence electrons. The summed E-state index contributed by atoms with van der Waals surface area (Å²) in [6.07, 6.45) is 6.18. The monoisotopic (exact) mass is 313 g/mol.